The SMILES string of the molecule is CCNC(=NCc1ccc(OC(F)F)c(OCC)c1)NCCc1ccco1.I. The third kappa shape index (κ3) is 8.32. The lowest BCUT2D eigenvalue weighted by atomic mass is 10.2. The Morgan fingerprint density at radius 1 is 1.18 bits per heavy atom. The van der Waals surface area contributed by atoms with Crippen molar-refractivity contribution in [3.05, 3.63) is 47.9 Å². The standard InChI is InChI=1S/C19H25F2N3O3.HI/c1-3-22-19(23-10-9-15-6-5-11-26-15)24-13-14-7-8-16(27-18(20)21)17(12-14)25-4-2;/h5-8,11-12,18H,3-4,9-10,13H2,1-2H3,(H2,22,23,24);1H. The Hall–Kier alpha value is -2.04. The summed E-state index contributed by atoms with van der Waals surface area (Å²) in [6.07, 6.45) is 2.39. The Labute approximate surface area is 180 Å². The number of furan rings is 1. The van der Waals surface area contributed by atoms with Gasteiger partial charge < -0.3 is 24.5 Å². The molecule has 0 aliphatic heterocycles. The maximum absolute atomic E-state index is 12.5. The predicted octanol–water partition coefficient (Wildman–Crippen LogP) is 4.20. The minimum Gasteiger partial charge on any atom is -0.490 e. The van der Waals surface area contributed by atoms with Gasteiger partial charge in [0.1, 0.15) is 5.76 Å². The summed E-state index contributed by atoms with van der Waals surface area (Å²) in [5.74, 6) is 1.86. The predicted molar refractivity (Wildman–Crippen MR) is 115 cm³/mol. The zero-order valence-corrected chi connectivity index (χ0v) is 18.2. The molecule has 0 amide bonds. The van der Waals surface area contributed by atoms with Crippen molar-refractivity contribution in [1.82, 2.24) is 10.6 Å². The van der Waals surface area contributed by atoms with E-state index in [1.807, 2.05) is 19.1 Å². The average molecular weight is 509 g/mol. The van der Waals surface area contributed by atoms with Crippen LogP contribution in [0.5, 0.6) is 11.5 Å². The van der Waals surface area contributed by atoms with Gasteiger partial charge in [-0.2, -0.15) is 8.78 Å². The zero-order chi connectivity index (χ0) is 19.5. The number of halogens is 3. The molecule has 2 aromatic rings. The number of alkyl halides is 2. The van der Waals surface area contributed by atoms with Crippen molar-refractivity contribution >= 4 is 29.9 Å². The quantitative estimate of drug-likeness (QED) is 0.286. The van der Waals surface area contributed by atoms with E-state index >= 15 is 0 Å². The second-order valence-electron chi connectivity index (χ2n) is 5.54. The van der Waals surface area contributed by atoms with Crippen molar-refractivity contribution in [3.63, 3.8) is 0 Å². The highest BCUT2D eigenvalue weighted by atomic mass is 127. The minimum atomic E-state index is -2.90. The van der Waals surface area contributed by atoms with E-state index in [2.05, 4.69) is 20.4 Å². The number of hydrogen-bond donors (Lipinski definition) is 2. The smallest absolute Gasteiger partial charge is 0.387 e. The highest BCUT2D eigenvalue weighted by Crippen LogP contribution is 2.30. The number of guanidine groups is 1. The largest absolute Gasteiger partial charge is 0.490 e. The number of nitrogens with one attached hydrogen (secondary N) is 2. The fourth-order valence-electron chi connectivity index (χ4n) is 2.38. The Bertz CT molecular complexity index is 712. The van der Waals surface area contributed by atoms with Crippen LogP contribution >= 0.6 is 24.0 Å². The maximum Gasteiger partial charge on any atom is 0.387 e. The van der Waals surface area contributed by atoms with Gasteiger partial charge in [0.15, 0.2) is 17.5 Å². The molecule has 1 heterocycles. The van der Waals surface area contributed by atoms with E-state index in [1.165, 1.54) is 6.07 Å². The molecule has 9 heteroatoms. The van der Waals surface area contributed by atoms with E-state index in [1.54, 1.807) is 25.3 Å². The first-order valence-electron chi connectivity index (χ1n) is 8.87. The van der Waals surface area contributed by atoms with Crippen LogP contribution in [-0.2, 0) is 13.0 Å². The highest BCUT2D eigenvalue weighted by molar-refractivity contribution is 14.0. The summed E-state index contributed by atoms with van der Waals surface area (Å²) in [6.45, 7) is 2.97. The second-order valence-corrected chi connectivity index (χ2v) is 5.54. The Morgan fingerprint density at radius 3 is 2.64 bits per heavy atom. The van der Waals surface area contributed by atoms with Gasteiger partial charge in [0.25, 0.3) is 0 Å². The van der Waals surface area contributed by atoms with Crippen LogP contribution < -0.4 is 20.1 Å². The van der Waals surface area contributed by atoms with Gasteiger partial charge in [-0.1, -0.05) is 6.07 Å². The molecule has 1 aromatic heterocycles. The molecule has 0 saturated heterocycles. The lowest BCUT2D eigenvalue weighted by molar-refractivity contribution is -0.0514. The molecule has 0 aliphatic rings. The molecule has 0 unspecified atom stereocenters. The third-order valence-corrected chi connectivity index (χ3v) is 3.53. The number of ether oxygens (including phenoxy) is 2. The van der Waals surface area contributed by atoms with Crippen LogP contribution in [0.4, 0.5) is 8.78 Å². The molecular formula is C19H26F2IN3O3. The van der Waals surface area contributed by atoms with E-state index in [0.29, 0.717) is 25.7 Å². The highest BCUT2D eigenvalue weighted by Gasteiger charge is 2.11. The first-order chi connectivity index (χ1) is 13.1. The molecule has 0 fully saturated rings. The number of aliphatic imine (C=N–C) groups is 1. The van der Waals surface area contributed by atoms with Crippen LogP contribution in [0, 0.1) is 0 Å². The topological polar surface area (TPSA) is 68.0 Å². The Balaban J connectivity index is 0.00000392. The van der Waals surface area contributed by atoms with Crippen molar-refractivity contribution in [1.29, 1.82) is 0 Å². The van der Waals surface area contributed by atoms with Crippen LogP contribution in [0.25, 0.3) is 0 Å². The summed E-state index contributed by atoms with van der Waals surface area (Å²) in [5, 5.41) is 6.39. The summed E-state index contributed by atoms with van der Waals surface area (Å²) < 4.78 is 40.1. The number of benzene rings is 1. The lowest BCUT2D eigenvalue weighted by Crippen LogP contribution is -2.38. The van der Waals surface area contributed by atoms with E-state index in [0.717, 1.165) is 24.3 Å². The van der Waals surface area contributed by atoms with Gasteiger partial charge in [-0.15, -0.1) is 24.0 Å². The van der Waals surface area contributed by atoms with Crippen LogP contribution in [0.15, 0.2) is 46.0 Å². The number of hydrogen-bond acceptors (Lipinski definition) is 4. The van der Waals surface area contributed by atoms with E-state index in [4.69, 9.17) is 9.15 Å². The molecule has 28 heavy (non-hydrogen) atoms. The monoisotopic (exact) mass is 509 g/mol. The lowest BCUT2D eigenvalue weighted by Gasteiger charge is -2.13. The Kier molecular flexibility index (Phi) is 11.3. The van der Waals surface area contributed by atoms with Crippen LogP contribution in [0.2, 0.25) is 0 Å². The fourth-order valence-corrected chi connectivity index (χ4v) is 2.38. The van der Waals surface area contributed by atoms with Crippen molar-refractivity contribution in [2.75, 3.05) is 19.7 Å². The summed E-state index contributed by atoms with van der Waals surface area (Å²) in [5.41, 5.74) is 0.823. The number of nitrogens with zero attached hydrogens (tertiary/aromatic N) is 1. The molecule has 6 nitrogen and oxygen atoms in total. The van der Waals surface area contributed by atoms with Crippen LogP contribution in [0.3, 0.4) is 0 Å². The van der Waals surface area contributed by atoms with Gasteiger partial charge in [-0.25, -0.2) is 4.99 Å². The molecule has 0 spiro atoms. The van der Waals surface area contributed by atoms with Gasteiger partial charge in [0.2, 0.25) is 0 Å². The van der Waals surface area contributed by atoms with E-state index < -0.39 is 6.61 Å². The molecule has 1 aromatic carbocycles. The first-order valence-corrected chi connectivity index (χ1v) is 8.87. The van der Waals surface area contributed by atoms with Crippen LogP contribution in [-0.4, -0.2) is 32.3 Å². The van der Waals surface area contributed by atoms with Gasteiger partial charge in [-0.3, -0.25) is 0 Å². The molecule has 0 atom stereocenters. The minimum absolute atomic E-state index is 0. The summed E-state index contributed by atoms with van der Waals surface area (Å²) in [4.78, 5) is 4.51. The Morgan fingerprint density at radius 2 is 2.00 bits per heavy atom. The third-order valence-electron chi connectivity index (χ3n) is 3.53. The summed E-state index contributed by atoms with van der Waals surface area (Å²) in [7, 11) is 0. The zero-order valence-electron chi connectivity index (χ0n) is 15.9. The molecule has 0 bridgehead atoms. The average Bonchev–Trinajstić information content (AvgIpc) is 3.15. The van der Waals surface area contributed by atoms with E-state index in [-0.39, 0.29) is 35.5 Å². The molecule has 156 valence electrons. The summed E-state index contributed by atoms with van der Waals surface area (Å²) >= 11 is 0. The van der Waals surface area contributed by atoms with E-state index in [9.17, 15) is 8.78 Å². The van der Waals surface area contributed by atoms with Gasteiger partial charge in [0, 0.05) is 19.5 Å². The van der Waals surface area contributed by atoms with Crippen molar-refractivity contribution in [2.24, 2.45) is 4.99 Å². The number of rotatable bonds is 10. The molecule has 0 saturated carbocycles. The van der Waals surface area contributed by atoms with Crippen molar-refractivity contribution in [3.8, 4) is 11.5 Å². The van der Waals surface area contributed by atoms with Crippen molar-refractivity contribution < 1.29 is 22.7 Å². The molecular weight excluding hydrogens is 483 g/mol. The molecule has 2 rings (SSSR count). The van der Waals surface area contributed by atoms with Gasteiger partial charge in [0.05, 0.1) is 19.4 Å². The van der Waals surface area contributed by atoms with Gasteiger partial charge >= 0.3 is 6.61 Å². The summed E-state index contributed by atoms with van der Waals surface area (Å²) in [6, 6.07) is 8.60. The second kappa shape index (κ2) is 13.2. The molecule has 0 aliphatic carbocycles. The maximum atomic E-state index is 12.5. The normalized spacial score (nSPS) is 11.1. The molecule has 2 N–H and O–H groups in total. The fraction of sp³-hybridized carbons (Fsp3) is 0.421. The molecule has 0 radical (unpaired) electrons. The van der Waals surface area contributed by atoms with Gasteiger partial charge in [-0.05, 0) is 43.7 Å². The van der Waals surface area contributed by atoms with Crippen molar-refractivity contribution in [2.45, 2.75) is 33.4 Å². The first kappa shape index (κ1) is 24.0. The van der Waals surface area contributed by atoms with Crippen LogP contribution in [0.1, 0.15) is 25.2 Å².